The molecule has 1 saturated carbocycles. The number of pyridine rings is 1. The molecule has 1 aliphatic rings. The molecule has 68 valence electrons. The maximum atomic E-state index is 10.5. The van der Waals surface area contributed by atoms with Crippen molar-refractivity contribution in [2.24, 2.45) is 0 Å². The van der Waals surface area contributed by atoms with E-state index in [1.165, 1.54) is 12.4 Å². The summed E-state index contributed by atoms with van der Waals surface area (Å²) in [4.78, 5) is 14.4. The van der Waals surface area contributed by atoms with Crippen molar-refractivity contribution in [3.8, 4) is 5.75 Å². The first-order chi connectivity index (χ1) is 6.31. The molecule has 0 bridgehead atoms. The number of ether oxygens (including phenoxy) is 1. The molecule has 13 heavy (non-hydrogen) atoms. The largest absolute Gasteiger partial charge is 0.487 e. The van der Waals surface area contributed by atoms with Crippen LogP contribution in [0.3, 0.4) is 0 Å². The molecule has 0 amide bonds. The van der Waals surface area contributed by atoms with Gasteiger partial charge in [-0.1, -0.05) is 11.6 Å². The van der Waals surface area contributed by atoms with Gasteiger partial charge in [-0.2, -0.15) is 0 Å². The Kier molecular flexibility index (Phi) is 2.19. The highest BCUT2D eigenvalue weighted by molar-refractivity contribution is 6.34. The molecule has 4 heteroatoms. The number of hydrogen-bond donors (Lipinski definition) is 0. The first-order valence-electron chi connectivity index (χ1n) is 4.06. The second-order valence-electron chi connectivity index (χ2n) is 2.98. The standard InChI is InChI=1S/C9H8ClNO2/c10-9-6(5-12)3-11-4-8(9)13-7-1-2-7/h3-5,7H,1-2H2. The minimum absolute atomic E-state index is 0.265. The van der Waals surface area contributed by atoms with Gasteiger partial charge in [-0.05, 0) is 12.8 Å². The number of aromatic nitrogens is 1. The Balaban J connectivity index is 2.27. The lowest BCUT2D eigenvalue weighted by Gasteiger charge is -2.06. The Morgan fingerprint density at radius 1 is 1.54 bits per heavy atom. The summed E-state index contributed by atoms with van der Waals surface area (Å²) in [5.41, 5.74) is 0.375. The summed E-state index contributed by atoms with van der Waals surface area (Å²) in [5, 5.41) is 0.358. The summed E-state index contributed by atoms with van der Waals surface area (Å²) in [5.74, 6) is 0.508. The maximum Gasteiger partial charge on any atom is 0.157 e. The van der Waals surface area contributed by atoms with E-state index < -0.39 is 0 Å². The van der Waals surface area contributed by atoms with Crippen molar-refractivity contribution in [1.29, 1.82) is 0 Å². The van der Waals surface area contributed by atoms with Crippen LogP contribution < -0.4 is 4.74 Å². The summed E-state index contributed by atoms with van der Waals surface area (Å²) >= 11 is 5.88. The van der Waals surface area contributed by atoms with Crippen molar-refractivity contribution in [1.82, 2.24) is 4.98 Å². The van der Waals surface area contributed by atoms with Crippen LogP contribution >= 0.6 is 11.6 Å². The van der Waals surface area contributed by atoms with E-state index in [1.807, 2.05) is 0 Å². The molecule has 0 aromatic carbocycles. The molecular weight excluding hydrogens is 190 g/mol. The van der Waals surface area contributed by atoms with Crippen LogP contribution in [0.1, 0.15) is 23.2 Å². The topological polar surface area (TPSA) is 39.2 Å². The second kappa shape index (κ2) is 3.34. The SMILES string of the molecule is O=Cc1cncc(OC2CC2)c1Cl. The zero-order valence-corrected chi connectivity index (χ0v) is 7.62. The van der Waals surface area contributed by atoms with Crippen LogP contribution in [0, 0.1) is 0 Å². The van der Waals surface area contributed by atoms with Gasteiger partial charge < -0.3 is 4.74 Å². The summed E-state index contributed by atoms with van der Waals surface area (Å²) in [6, 6.07) is 0. The Bertz CT molecular complexity index is 336. The minimum atomic E-state index is 0.265. The van der Waals surface area contributed by atoms with Crippen LogP contribution in [0.4, 0.5) is 0 Å². The maximum absolute atomic E-state index is 10.5. The first-order valence-corrected chi connectivity index (χ1v) is 4.44. The van der Waals surface area contributed by atoms with Crippen molar-refractivity contribution in [2.45, 2.75) is 18.9 Å². The summed E-state index contributed by atoms with van der Waals surface area (Å²) in [6.07, 6.45) is 6.02. The molecule has 0 aliphatic heterocycles. The van der Waals surface area contributed by atoms with Crippen molar-refractivity contribution in [3.05, 3.63) is 23.0 Å². The average Bonchev–Trinajstić information content (AvgIpc) is 2.92. The van der Waals surface area contributed by atoms with Gasteiger partial charge in [0.1, 0.15) is 0 Å². The van der Waals surface area contributed by atoms with E-state index in [0.29, 0.717) is 22.6 Å². The van der Waals surface area contributed by atoms with E-state index in [0.717, 1.165) is 12.8 Å². The zero-order chi connectivity index (χ0) is 9.26. The van der Waals surface area contributed by atoms with Crippen LogP contribution in [0.2, 0.25) is 5.02 Å². The van der Waals surface area contributed by atoms with Crippen LogP contribution in [-0.4, -0.2) is 17.4 Å². The fourth-order valence-electron chi connectivity index (χ4n) is 0.971. The highest BCUT2D eigenvalue weighted by Crippen LogP contribution is 2.32. The van der Waals surface area contributed by atoms with E-state index in [1.54, 1.807) is 0 Å². The summed E-state index contributed by atoms with van der Waals surface area (Å²) in [6.45, 7) is 0. The molecule has 1 aromatic rings. The fourth-order valence-corrected chi connectivity index (χ4v) is 1.16. The molecule has 0 spiro atoms. The monoisotopic (exact) mass is 197 g/mol. The molecule has 0 unspecified atom stereocenters. The molecule has 2 rings (SSSR count). The van der Waals surface area contributed by atoms with Gasteiger partial charge in [-0.25, -0.2) is 0 Å². The molecule has 0 atom stereocenters. The molecule has 0 radical (unpaired) electrons. The third-order valence-electron chi connectivity index (χ3n) is 1.82. The van der Waals surface area contributed by atoms with Gasteiger partial charge in [-0.15, -0.1) is 0 Å². The number of hydrogen-bond acceptors (Lipinski definition) is 3. The number of rotatable bonds is 3. The molecule has 3 nitrogen and oxygen atoms in total. The van der Waals surface area contributed by atoms with E-state index in [2.05, 4.69) is 4.98 Å². The predicted molar refractivity (Wildman–Crippen MR) is 48.3 cm³/mol. The Morgan fingerprint density at radius 2 is 2.31 bits per heavy atom. The number of carbonyl (C=O) groups excluding carboxylic acids is 1. The van der Waals surface area contributed by atoms with Crippen LogP contribution in [0.5, 0.6) is 5.75 Å². The number of nitrogens with zero attached hydrogens (tertiary/aromatic N) is 1. The predicted octanol–water partition coefficient (Wildman–Crippen LogP) is 2.09. The normalized spacial score (nSPS) is 15.5. The molecule has 1 heterocycles. The third-order valence-corrected chi connectivity index (χ3v) is 2.22. The van der Waals surface area contributed by atoms with E-state index >= 15 is 0 Å². The van der Waals surface area contributed by atoms with Crippen molar-refractivity contribution < 1.29 is 9.53 Å². The summed E-state index contributed by atoms with van der Waals surface area (Å²) in [7, 11) is 0. The highest BCUT2D eigenvalue weighted by Gasteiger charge is 2.24. The van der Waals surface area contributed by atoms with Crippen LogP contribution in [0.25, 0.3) is 0 Å². The third kappa shape index (κ3) is 1.80. The zero-order valence-electron chi connectivity index (χ0n) is 6.87. The lowest BCUT2D eigenvalue weighted by atomic mass is 10.3. The lowest BCUT2D eigenvalue weighted by Crippen LogP contribution is -1.98. The molecule has 1 aromatic heterocycles. The molecule has 1 aliphatic carbocycles. The molecule has 0 saturated heterocycles. The van der Waals surface area contributed by atoms with Gasteiger partial charge in [0.25, 0.3) is 0 Å². The average molecular weight is 198 g/mol. The van der Waals surface area contributed by atoms with E-state index in [9.17, 15) is 4.79 Å². The highest BCUT2D eigenvalue weighted by atomic mass is 35.5. The van der Waals surface area contributed by atoms with Gasteiger partial charge in [0.15, 0.2) is 12.0 Å². The van der Waals surface area contributed by atoms with Gasteiger partial charge in [-0.3, -0.25) is 9.78 Å². The number of aldehydes is 1. The number of carbonyl (C=O) groups is 1. The van der Waals surface area contributed by atoms with Gasteiger partial charge in [0.2, 0.25) is 0 Å². The quantitative estimate of drug-likeness (QED) is 0.697. The second-order valence-corrected chi connectivity index (χ2v) is 3.35. The van der Waals surface area contributed by atoms with Crippen molar-refractivity contribution in [3.63, 3.8) is 0 Å². The van der Waals surface area contributed by atoms with Gasteiger partial charge in [0.05, 0.1) is 22.9 Å². The molecule has 0 N–H and O–H groups in total. The smallest absolute Gasteiger partial charge is 0.157 e. The summed E-state index contributed by atoms with van der Waals surface area (Å²) < 4.78 is 5.45. The minimum Gasteiger partial charge on any atom is -0.487 e. The van der Waals surface area contributed by atoms with Crippen LogP contribution in [0.15, 0.2) is 12.4 Å². The Morgan fingerprint density at radius 3 is 2.92 bits per heavy atom. The van der Waals surface area contributed by atoms with E-state index in [-0.39, 0.29) is 6.10 Å². The first kappa shape index (κ1) is 8.51. The van der Waals surface area contributed by atoms with Crippen molar-refractivity contribution in [2.75, 3.05) is 0 Å². The molecule has 1 fully saturated rings. The van der Waals surface area contributed by atoms with Gasteiger partial charge in [0, 0.05) is 6.20 Å². The fraction of sp³-hybridized carbons (Fsp3) is 0.333. The van der Waals surface area contributed by atoms with Crippen LogP contribution in [-0.2, 0) is 0 Å². The van der Waals surface area contributed by atoms with E-state index in [4.69, 9.17) is 16.3 Å². The van der Waals surface area contributed by atoms with Gasteiger partial charge >= 0.3 is 0 Å². The number of halogens is 1. The van der Waals surface area contributed by atoms with Crippen molar-refractivity contribution >= 4 is 17.9 Å². The Hall–Kier alpha value is -1.09. The molecular formula is C9H8ClNO2. The Labute approximate surface area is 80.7 Å². The lowest BCUT2D eigenvalue weighted by molar-refractivity contribution is 0.112.